The summed E-state index contributed by atoms with van der Waals surface area (Å²) >= 11 is 1.79. The maximum atomic E-state index is 9.53. The second-order valence-electron chi connectivity index (χ2n) is 10.5. The third-order valence-corrected chi connectivity index (χ3v) is 9.55. The molecule has 0 saturated carbocycles. The molecule has 0 amide bonds. The largest absolute Gasteiger partial charge is 0.309 e. The van der Waals surface area contributed by atoms with Crippen molar-refractivity contribution in [1.82, 2.24) is 9.13 Å². The van der Waals surface area contributed by atoms with Crippen molar-refractivity contribution < 1.29 is 0 Å². The lowest BCUT2D eigenvalue weighted by molar-refractivity contribution is 1.16. The number of aromatic nitrogens is 2. The normalized spacial score (nSPS) is 11.9. The van der Waals surface area contributed by atoms with Gasteiger partial charge in [-0.3, -0.25) is 0 Å². The highest BCUT2D eigenvalue weighted by Gasteiger charge is 2.18. The number of hydrogen-bond donors (Lipinski definition) is 0. The van der Waals surface area contributed by atoms with Crippen LogP contribution < -0.4 is 0 Å². The molecule has 0 aliphatic heterocycles. The minimum absolute atomic E-state index is 0.690. The number of rotatable bonds is 2. The van der Waals surface area contributed by atoms with Crippen molar-refractivity contribution in [2.45, 2.75) is 0 Å². The fourth-order valence-corrected chi connectivity index (χ4v) is 7.77. The molecule has 0 N–H and O–H groups in total. The molecule has 41 heavy (non-hydrogen) atoms. The first-order valence-electron chi connectivity index (χ1n) is 13.7. The maximum absolute atomic E-state index is 9.53. The van der Waals surface area contributed by atoms with E-state index < -0.39 is 0 Å². The molecule has 0 fully saturated rings. The molecule has 3 aromatic heterocycles. The van der Waals surface area contributed by atoms with Gasteiger partial charge in [0.1, 0.15) is 0 Å². The van der Waals surface area contributed by atoms with Gasteiger partial charge in [0.15, 0.2) is 0 Å². The molecular formula is C37H21N3S. The average Bonchev–Trinajstić information content (AvgIpc) is 3.68. The zero-order valence-corrected chi connectivity index (χ0v) is 22.7. The maximum Gasteiger partial charge on any atom is 0.0991 e. The number of nitrogens with zero attached hydrogens (tertiary/aromatic N) is 3. The van der Waals surface area contributed by atoms with Crippen LogP contribution in [0.5, 0.6) is 0 Å². The van der Waals surface area contributed by atoms with E-state index in [1.807, 2.05) is 12.1 Å². The Bertz CT molecular complexity index is 2500. The van der Waals surface area contributed by atoms with Crippen molar-refractivity contribution in [1.29, 1.82) is 5.26 Å². The van der Waals surface area contributed by atoms with E-state index in [1.165, 1.54) is 58.4 Å². The Hall–Kier alpha value is -5.37. The molecule has 4 heteroatoms. The highest BCUT2D eigenvalue weighted by molar-refractivity contribution is 7.26. The molecule has 0 aliphatic rings. The molecular weight excluding hydrogens is 518 g/mol. The van der Waals surface area contributed by atoms with Crippen LogP contribution in [-0.4, -0.2) is 9.13 Å². The average molecular weight is 540 g/mol. The van der Waals surface area contributed by atoms with Crippen LogP contribution >= 0.6 is 11.3 Å². The van der Waals surface area contributed by atoms with E-state index in [4.69, 9.17) is 0 Å². The molecule has 9 aromatic rings. The summed E-state index contributed by atoms with van der Waals surface area (Å²) in [6.07, 6.45) is 0. The lowest BCUT2D eigenvalue weighted by Gasteiger charge is -2.12. The highest BCUT2D eigenvalue weighted by atomic mass is 32.1. The van der Waals surface area contributed by atoms with Crippen LogP contribution in [0.15, 0.2) is 127 Å². The summed E-state index contributed by atoms with van der Waals surface area (Å²) in [5.41, 5.74) is 7.76. The van der Waals surface area contributed by atoms with E-state index in [1.54, 1.807) is 11.3 Å². The first kappa shape index (κ1) is 22.4. The van der Waals surface area contributed by atoms with E-state index in [9.17, 15) is 5.26 Å². The molecule has 3 heterocycles. The third kappa shape index (κ3) is 3.07. The van der Waals surface area contributed by atoms with Gasteiger partial charge < -0.3 is 9.13 Å². The zero-order valence-electron chi connectivity index (χ0n) is 21.9. The minimum Gasteiger partial charge on any atom is -0.309 e. The number of thiophene rings is 1. The van der Waals surface area contributed by atoms with Crippen LogP contribution in [-0.2, 0) is 0 Å². The summed E-state index contributed by atoms with van der Waals surface area (Å²) in [7, 11) is 0. The molecule has 0 radical (unpaired) electrons. The summed E-state index contributed by atoms with van der Waals surface area (Å²) in [6, 6.07) is 47.7. The van der Waals surface area contributed by atoms with Gasteiger partial charge in [-0.1, -0.05) is 72.8 Å². The van der Waals surface area contributed by atoms with Crippen molar-refractivity contribution >= 4 is 75.1 Å². The summed E-state index contributed by atoms with van der Waals surface area (Å²) in [5.74, 6) is 0. The SMILES string of the molecule is N#Cc1ccc2sc3c(-n4c5ccccc5c5ccc(-n6c7ccccc7c7ccccc76)cc54)cccc3c2c1. The minimum atomic E-state index is 0.690. The number of hydrogen-bond acceptors (Lipinski definition) is 2. The number of nitriles is 1. The quantitative estimate of drug-likeness (QED) is 0.215. The summed E-state index contributed by atoms with van der Waals surface area (Å²) in [6.45, 7) is 0. The lowest BCUT2D eigenvalue weighted by Crippen LogP contribution is -1.97. The number of benzene rings is 6. The Kier molecular flexibility index (Phi) is 4.55. The van der Waals surface area contributed by atoms with Crippen molar-refractivity contribution in [3.63, 3.8) is 0 Å². The second kappa shape index (κ2) is 8.32. The molecule has 6 aromatic carbocycles. The van der Waals surface area contributed by atoms with Crippen LogP contribution in [0.3, 0.4) is 0 Å². The molecule has 0 saturated heterocycles. The van der Waals surface area contributed by atoms with Gasteiger partial charge in [-0.05, 0) is 54.6 Å². The lowest BCUT2D eigenvalue weighted by atomic mass is 10.1. The monoisotopic (exact) mass is 539 g/mol. The number of fused-ring (bicyclic) bond motifs is 9. The van der Waals surface area contributed by atoms with E-state index in [0.29, 0.717) is 5.56 Å². The van der Waals surface area contributed by atoms with Crippen molar-refractivity contribution in [2.75, 3.05) is 0 Å². The Morgan fingerprint density at radius 1 is 0.488 bits per heavy atom. The van der Waals surface area contributed by atoms with Crippen LogP contribution in [0.25, 0.3) is 75.2 Å². The predicted octanol–water partition coefficient (Wildman–Crippen LogP) is 10.1. The molecule has 9 rings (SSSR count). The highest BCUT2D eigenvalue weighted by Crippen LogP contribution is 2.42. The van der Waals surface area contributed by atoms with Crippen molar-refractivity contribution in [2.24, 2.45) is 0 Å². The van der Waals surface area contributed by atoms with Crippen molar-refractivity contribution in [3.8, 4) is 17.4 Å². The second-order valence-corrected chi connectivity index (χ2v) is 11.6. The van der Waals surface area contributed by atoms with Gasteiger partial charge in [-0.25, -0.2) is 0 Å². The van der Waals surface area contributed by atoms with Gasteiger partial charge in [0.2, 0.25) is 0 Å². The predicted molar refractivity (Wildman–Crippen MR) is 173 cm³/mol. The van der Waals surface area contributed by atoms with Gasteiger partial charge in [-0.15, -0.1) is 11.3 Å². The van der Waals surface area contributed by atoms with Crippen molar-refractivity contribution in [3.05, 3.63) is 133 Å². The zero-order chi connectivity index (χ0) is 27.1. The van der Waals surface area contributed by atoms with Gasteiger partial charge >= 0.3 is 0 Å². The smallest absolute Gasteiger partial charge is 0.0991 e. The van der Waals surface area contributed by atoms with E-state index in [2.05, 4.69) is 130 Å². The fourth-order valence-electron chi connectivity index (χ4n) is 6.59. The van der Waals surface area contributed by atoms with Gasteiger partial charge in [0.05, 0.1) is 44.1 Å². The Morgan fingerprint density at radius 3 is 1.78 bits per heavy atom. The van der Waals surface area contributed by atoms with Gasteiger partial charge in [0.25, 0.3) is 0 Å². The Balaban J connectivity index is 1.40. The number of para-hydroxylation sites is 3. The Labute approximate surface area is 239 Å². The van der Waals surface area contributed by atoms with Gasteiger partial charge in [0, 0.05) is 42.7 Å². The van der Waals surface area contributed by atoms with Crippen LogP contribution in [0.2, 0.25) is 0 Å². The molecule has 0 spiro atoms. The standard InChI is InChI=1S/C37H21N3S/c38-22-23-16-19-36-30(20-23)29-11-7-15-34(37(29)41-36)40-33-14-6-3-10-27(33)28-18-17-24(21-35(28)40)39-31-12-4-1-8-25(31)26-9-2-5-13-32(26)39/h1-21H. The molecule has 0 aliphatic carbocycles. The van der Waals surface area contributed by atoms with Gasteiger partial charge in [-0.2, -0.15) is 5.26 Å². The topological polar surface area (TPSA) is 33.6 Å². The molecule has 0 unspecified atom stereocenters. The molecule has 190 valence electrons. The molecule has 0 atom stereocenters. The summed E-state index contributed by atoms with van der Waals surface area (Å²) < 4.78 is 7.22. The Morgan fingerprint density at radius 2 is 1.10 bits per heavy atom. The van der Waals surface area contributed by atoms with Crippen LogP contribution in [0, 0.1) is 11.3 Å². The fraction of sp³-hybridized carbons (Fsp3) is 0. The van der Waals surface area contributed by atoms with E-state index >= 15 is 0 Å². The van der Waals surface area contributed by atoms with E-state index in [-0.39, 0.29) is 0 Å². The van der Waals surface area contributed by atoms with Crippen LogP contribution in [0.4, 0.5) is 0 Å². The summed E-state index contributed by atoms with van der Waals surface area (Å²) in [4.78, 5) is 0. The first-order chi connectivity index (χ1) is 20.3. The third-order valence-electron chi connectivity index (χ3n) is 8.34. The van der Waals surface area contributed by atoms with Crippen LogP contribution in [0.1, 0.15) is 5.56 Å². The summed E-state index contributed by atoms with van der Waals surface area (Å²) in [5, 5.41) is 16.8. The van der Waals surface area contributed by atoms with E-state index in [0.717, 1.165) is 16.8 Å². The molecule has 3 nitrogen and oxygen atoms in total. The molecule has 0 bridgehead atoms. The first-order valence-corrected chi connectivity index (χ1v) is 14.5.